The van der Waals surface area contributed by atoms with Gasteiger partial charge in [-0.05, 0) is 35.4 Å². The van der Waals surface area contributed by atoms with Crippen LogP contribution < -0.4 is 20.1 Å². The topological polar surface area (TPSA) is 89.6 Å². The van der Waals surface area contributed by atoms with Crippen LogP contribution in [0.5, 0.6) is 11.5 Å². The maximum absolute atomic E-state index is 11.8. The molecule has 0 atom stereocenters. The van der Waals surface area contributed by atoms with Crippen LogP contribution in [-0.4, -0.2) is 23.6 Å². The Labute approximate surface area is 132 Å². The number of hydrogen-bond acceptors (Lipinski definition) is 5. The first-order valence-corrected chi connectivity index (χ1v) is 7.06. The number of fused-ring (bicyclic) bond motifs is 1. The molecule has 0 aliphatic carbocycles. The molecule has 7 nitrogen and oxygen atoms in total. The van der Waals surface area contributed by atoms with Crippen LogP contribution in [0.2, 0.25) is 0 Å². The standard InChI is InChI=1S/C16H15N3O4/c20-15(18-8-11-3-5-17-6-4-11)16(21)19-9-12-1-2-13-14(7-12)23-10-22-13/h1-7H,8-10H2,(H,18,20)(H,19,21). The van der Waals surface area contributed by atoms with Crippen molar-refractivity contribution in [1.29, 1.82) is 0 Å². The van der Waals surface area contributed by atoms with E-state index >= 15 is 0 Å². The van der Waals surface area contributed by atoms with Gasteiger partial charge in [0.1, 0.15) is 0 Å². The molecule has 2 amide bonds. The van der Waals surface area contributed by atoms with Crippen LogP contribution >= 0.6 is 0 Å². The summed E-state index contributed by atoms with van der Waals surface area (Å²) in [5, 5.41) is 5.12. The SMILES string of the molecule is O=C(NCc1ccncc1)C(=O)NCc1ccc2c(c1)OCO2. The molecule has 0 unspecified atom stereocenters. The summed E-state index contributed by atoms with van der Waals surface area (Å²) < 4.78 is 10.5. The number of nitrogens with one attached hydrogen (secondary N) is 2. The van der Waals surface area contributed by atoms with Gasteiger partial charge in [-0.15, -0.1) is 0 Å². The van der Waals surface area contributed by atoms with Crippen LogP contribution in [0.4, 0.5) is 0 Å². The molecule has 7 heteroatoms. The largest absolute Gasteiger partial charge is 0.454 e. The number of amides is 2. The molecule has 1 aromatic carbocycles. The van der Waals surface area contributed by atoms with E-state index in [9.17, 15) is 9.59 Å². The van der Waals surface area contributed by atoms with Crippen LogP contribution in [0.3, 0.4) is 0 Å². The van der Waals surface area contributed by atoms with Crippen molar-refractivity contribution in [2.75, 3.05) is 6.79 Å². The normalized spacial score (nSPS) is 11.8. The number of carbonyl (C=O) groups is 2. The molecular weight excluding hydrogens is 298 g/mol. The van der Waals surface area contributed by atoms with Crippen LogP contribution in [0.1, 0.15) is 11.1 Å². The van der Waals surface area contributed by atoms with Gasteiger partial charge in [-0.3, -0.25) is 14.6 Å². The highest BCUT2D eigenvalue weighted by Gasteiger charge is 2.15. The molecule has 2 aromatic rings. The average molecular weight is 313 g/mol. The lowest BCUT2D eigenvalue weighted by Gasteiger charge is -2.07. The fraction of sp³-hybridized carbons (Fsp3) is 0.188. The molecule has 0 fully saturated rings. The second-order valence-corrected chi connectivity index (χ2v) is 4.91. The molecule has 23 heavy (non-hydrogen) atoms. The highest BCUT2D eigenvalue weighted by atomic mass is 16.7. The first-order valence-electron chi connectivity index (χ1n) is 7.06. The van der Waals surface area contributed by atoms with Crippen molar-refractivity contribution < 1.29 is 19.1 Å². The van der Waals surface area contributed by atoms with Gasteiger partial charge in [0.25, 0.3) is 0 Å². The van der Waals surface area contributed by atoms with Crippen LogP contribution in [0.15, 0.2) is 42.7 Å². The third-order valence-corrected chi connectivity index (χ3v) is 3.30. The zero-order valence-corrected chi connectivity index (χ0v) is 12.2. The summed E-state index contributed by atoms with van der Waals surface area (Å²) in [5.74, 6) is -0.0478. The Bertz CT molecular complexity index is 719. The predicted octanol–water partition coefficient (Wildman–Crippen LogP) is 0.743. The minimum absolute atomic E-state index is 0.197. The molecule has 2 heterocycles. The van der Waals surface area contributed by atoms with E-state index < -0.39 is 11.8 Å². The molecule has 0 saturated carbocycles. The van der Waals surface area contributed by atoms with Gasteiger partial charge in [-0.2, -0.15) is 0 Å². The van der Waals surface area contributed by atoms with E-state index in [0.29, 0.717) is 11.5 Å². The number of benzene rings is 1. The van der Waals surface area contributed by atoms with E-state index in [2.05, 4.69) is 15.6 Å². The van der Waals surface area contributed by atoms with Gasteiger partial charge in [0.15, 0.2) is 11.5 Å². The number of carbonyl (C=O) groups excluding carboxylic acids is 2. The smallest absolute Gasteiger partial charge is 0.309 e. The number of hydrogen-bond donors (Lipinski definition) is 2. The number of pyridine rings is 1. The van der Waals surface area contributed by atoms with Crippen molar-refractivity contribution in [2.45, 2.75) is 13.1 Å². The summed E-state index contributed by atoms with van der Waals surface area (Å²) in [6, 6.07) is 8.89. The average Bonchev–Trinajstić information content (AvgIpc) is 3.06. The number of rotatable bonds is 4. The molecule has 0 radical (unpaired) electrons. The Hall–Kier alpha value is -3.09. The lowest BCUT2D eigenvalue weighted by Crippen LogP contribution is -2.39. The maximum atomic E-state index is 11.8. The van der Waals surface area contributed by atoms with Gasteiger partial charge in [0, 0.05) is 25.5 Å². The molecule has 118 valence electrons. The van der Waals surface area contributed by atoms with Crippen LogP contribution in [0.25, 0.3) is 0 Å². The fourth-order valence-corrected chi connectivity index (χ4v) is 2.08. The third-order valence-electron chi connectivity index (χ3n) is 3.30. The zero-order chi connectivity index (χ0) is 16.1. The van der Waals surface area contributed by atoms with Gasteiger partial charge in [-0.1, -0.05) is 6.07 Å². The van der Waals surface area contributed by atoms with E-state index in [4.69, 9.17) is 9.47 Å². The predicted molar refractivity (Wildman–Crippen MR) is 80.5 cm³/mol. The highest BCUT2D eigenvalue weighted by molar-refractivity contribution is 6.35. The third kappa shape index (κ3) is 3.76. The summed E-state index contributed by atoms with van der Waals surface area (Å²) in [5.41, 5.74) is 1.70. The van der Waals surface area contributed by atoms with Gasteiger partial charge in [0.2, 0.25) is 6.79 Å². The van der Waals surface area contributed by atoms with Gasteiger partial charge in [0.05, 0.1) is 0 Å². The Balaban J connectivity index is 1.48. The Morgan fingerprint density at radius 1 is 0.913 bits per heavy atom. The van der Waals surface area contributed by atoms with Gasteiger partial charge in [-0.25, -0.2) is 0 Å². The number of nitrogens with zero attached hydrogens (tertiary/aromatic N) is 1. The number of aromatic nitrogens is 1. The molecule has 2 N–H and O–H groups in total. The second kappa shape index (κ2) is 6.78. The summed E-state index contributed by atoms with van der Waals surface area (Å²) in [6.45, 7) is 0.708. The Kier molecular flexibility index (Phi) is 4.37. The summed E-state index contributed by atoms with van der Waals surface area (Å²) in [6.07, 6.45) is 3.25. The lowest BCUT2D eigenvalue weighted by atomic mass is 10.2. The Morgan fingerprint density at radius 2 is 1.57 bits per heavy atom. The van der Waals surface area contributed by atoms with E-state index in [0.717, 1.165) is 11.1 Å². The summed E-state index contributed by atoms with van der Waals surface area (Å²) in [7, 11) is 0. The molecule has 1 aromatic heterocycles. The molecule has 0 saturated heterocycles. The fourth-order valence-electron chi connectivity index (χ4n) is 2.08. The maximum Gasteiger partial charge on any atom is 0.309 e. The van der Waals surface area contributed by atoms with Crippen molar-refractivity contribution in [1.82, 2.24) is 15.6 Å². The lowest BCUT2D eigenvalue weighted by molar-refractivity contribution is -0.139. The molecule has 3 rings (SSSR count). The molecule has 1 aliphatic heterocycles. The molecule has 0 bridgehead atoms. The second-order valence-electron chi connectivity index (χ2n) is 4.91. The van der Waals surface area contributed by atoms with Crippen molar-refractivity contribution >= 4 is 11.8 Å². The highest BCUT2D eigenvalue weighted by Crippen LogP contribution is 2.32. The first-order chi connectivity index (χ1) is 11.2. The van der Waals surface area contributed by atoms with Crippen molar-refractivity contribution in [3.05, 3.63) is 53.9 Å². The van der Waals surface area contributed by atoms with Crippen molar-refractivity contribution in [3.8, 4) is 11.5 Å². The van der Waals surface area contributed by atoms with E-state index in [1.54, 1.807) is 36.7 Å². The molecular formula is C16H15N3O4. The van der Waals surface area contributed by atoms with E-state index in [-0.39, 0.29) is 19.9 Å². The summed E-state index contributed by atoms with van der Waals surface area (Å²) >= 11 is 0. The monoisotopic (exact) mass is 313 g/mol. The molecule has 0 spiro atoms. The van der Waals surface area contributed by atoms with Crippen LogP contribution in [-0.2, 0) is 22.7 Å². The minimum Gasteiger partial charge on any atom is -0.454 e. The van der Waals surface area contributed by atoms with Crippen molar-refractivity contribution in [3.63, 3.8) is 0 Å². The van der Waals surface area contributed by atoms with Gasteiger partial charge >= 0.3 is 11.8 Å². The van der Waals surface area contributed by atoms with E-state index in [1.807, 2.05) is 6.07 Å². The zero-order valence-electron chi connectivity index (χ0n) is 12.2. The van der Waals surface area contributed by atoms with Crippen molar-refractivity contribution in [2.24, 2.45) is 0 Å². The quantitative estimate of drug-likeness (QED) is 0.813. The number of ether oxygens (including phenoxy) is 2. The van der Waals surface area contributed by atoms with E-state index in [1.165, 1.54) is 0 Å². The minimum atomic E-state index is -0.684. The van der Waals surface area contributed by atoms with Crippen LogP contribution in [0, 0.1) is 0 Å². The molecule has 1 aliphatic rings. The Morgan fingerprint density at radius 3 is 2.30 bits per heavy atom. The van der Waals surface area contributed by atoms with Gasteiger partial charge < -0.3 is 20.1 Å². The summed E-state index contributed by atoms with van der Waals surface area (Å²) in [4.78, 5) is 27.4. The first kappa shape index (κ1) is 14.8.